The fourth-order valence-corrected chi connectivity index (χ4v) is 0.979. The van der Waals surface area contributed by atoms with Crippen molar-refractivity contribution in [2.75, 3.05) is 12.4 Å². The van der Waals surface area contributed by atoms with Crippen LogP contribution in [0.4, 0.5) is 5.95 Å². The minimum Gasteiger partial charge on any atom is -0.474 e. The largest absolute Gasteiger partial charge is 0.474 e. The average molecular weight is 239 g/mol. The van der Waals surface area contributed by atoms with Gasteiger partial charge in [-0.05, 0) is 35.4 Å². The Morgan fingerprint density at radius 1 is 1.31 bits per heavy atom. The molecule has 1 N–H and O–H groups in total. The van der Waals surface area contributed by atoms with Crippen LogP contribution in [0.25, 0.3) is 0 Å². The Morgan fingerprint density at radius 2 is 1.85 bits per heavy atom. The van der Waals surface area contributed by atoms with E-state index in [1.165, 1.54) is 7.11 Å². The quantitative estimate of drug-likeness (QED) is 0.750. The number of methoxy groups -OCH3 is 1. The van der Waals surface area contributed by atoms with Crippen molar-refractivity contribution in [3.63, 3.8) is 0 Å². The van der Waals surface area contributed by atoms with Crippen LogP contribution >= 0.6 is 35.4 Å². The van der Waals surface area contributed by atoms with E-state index in [0.29, 0.717) is 0 Å². The van der Waals surface area contributed by atoms with E-state index in [9.17, 15) is 0 Å². The summed E-state index contributed by atoms with van der Waals surface area (Å²) < 4.78 is 4.67. The summed E-state index contributed by atoms with van der Waals surface area (Å²) in [5.74, 6) is 0.150. The summed E-state index contributed by atoms with van der Waals surface area (Å²) in [6, 6.07) is 0. The van der Waals surface area contributed by atoms with E-state index in [1.54, 1.807) is 0 Å². The molecule has 0 radical (unpaired) electrons. The molecule has 0 atom stereocenters. The molecule has 0 aliphatic carbocycles. The highest BCUT2D eigenvalue weighted by atomic mass is 35.5. The van der Waals surface area contributed by atoms with Gasteiger partial charge in [0, 0.05) is 0 Å². The fraction of sp³-hybridized carbons (Fsp3) is 0.200. The molecule has 0 unspecified atom stereocenters. The molecule has 8 heteroatoms. The Morgan fingerprint density at radius 3 is 2.31 bits per heavy atom. The van der Waals surface area contributed by atoms with Crippen molar-refractivity contribution in [2.45, 2.75) is 0 Å². The summed E-state index contributed by atoms with van der Waals surface area (Å²) in [4.78, 5) is 11.0. The summed E-state index contributed by atoms with van der Waals surface area (Å²) in [7, 11) is 1.42. The number of nitrogens with zero attached hydrogens (tertiary/aromatic N) is 3. The molecule has 70 valence electrons. The second kappa shape index (κ2) is 4.50. The van der Waals surface area contributed by atoms with Gasteiger partial charge in [0.05, 0.1) is 7.11 Å². The van der Waals surface area contributed by atoms with Crippen molar-refractivity contribution < 1.29 is 4.74 Å². The molecule has 1 rings (SSSR count). The summed E-state index contributed by atoms with van der Waals surface area (Å²) in [6.07, 6.45) is 0. The zero-order valence-corrected chi connectivity index (χ0v) is 8.74. The summed E-state index contributed by atoms with van der Waals surface area (Å²) in [5, 5.41) is 2.65. The third-order valence-electron chi connectivity index (χ3n) is 0.980. The van der Waals surface area contributed by atoms with Gasteiger partial charge in [-0.25, -0.2) is 0 Å². The highest BCUT2D eigenvalue weighted by Crippen LogP contribution is 2.09. The molecule has 0 fully saturated rings. The lowest BCUT2D eigenvalue weighted by molar-refractivity contribution is 0.413. The molecule has 0 spiro atoms. The van der Waals surface area contributed by atoms with Gasteiger partial charge >= 0.3 is 0 Å². The van der Waals surface area contributed by atoms with Gasteiger partial charge in [-0.2, -0.15) is 15.0 Å². The number of halogens is 2. The molecule has 0 saturated heterocycles. The molecule has 1 heterocycles. The van der Waals surface area contributed by atoms with Crippen LogP contribution < -0.4 is 5.32 Å². The summed E-state index contributed by atoms with van der Waals surface area (Å²) in [5.41, 5.74) is 0. The minimum absolute atomic E-state index is 0.0126. The SMILES string of the molecule is COC(=S)Nc1nc(Cl)nc(Cl)n1. The van der Waals surface area contributed by atoms with Crippen molar-refractivity contribution >= 4 is 46.5 Å². The molecule has 1 aromatic heterocycles. The predicted molar refractivity (Wildman–Crippen MR) is 53.1 cm³/mol. The smallest absolute Gasteiger partial charge is 0.263 e. The van der Waals surface area contributed by atoms with E-state index in [1.807, 2.05) is 0 Å². The van der Waals surface area contributed by atoms with E-state index < -0.39 is 0 Å². The van der Waals surface area contributed by atoms with Crippen molar-refractivity contribution in [3.8, 4) is 0 Å². The standard InChI is InChI=1S/C5H4Cl2N4OS/c1-12-5(13)11-4-9-2(6)8-3(7)10-4/h1H3,(H,8,9,10,11,13). The van der Waals surface area contributed by atoms with Crippen LogP contribution in [-0.2, 0) is 4.74 Å². The Labute approximate surface area is 89.4 Å². The van der Waals surface area contributed by atoms with Gasteiger partial charge in [0.25, 0.3) is 5.17 Å². The van der Waals surface area contributed by atoms with Crippen molar-refractivity contribution in [3.05, 3.63) is 10.6 Å². The van der Waals surface area contributed by atoms with Gasteiger partial charge in [0.2, 0.25) is 16.5 Å². The number of aromatic nitrogens is 3. The molecule has 0 amide bonds. The molecule has 0 aromatic carbocycles. The van der Waals surface area contributed by atoms with Crippen LogP contribution in [0.1, 0.15) is 0 Å². The number of ether oxygens (including phenoxy) is 1. The molecular formula is C5H4Cl2N4OS. The Hall–Kier alpha value is -0.720. The molecule has 0 aliphatic rings. The first-order valence-electron chi connectivity index (χ1n) is 3.04. The molecule has 1 aromatic rings. The van der Waals surface area contributed by atoms with E-state index in [-0.39, 0.29) is 21.7 Å². The lowest BCUT2D eigenvalue weighted by Gasteiger charge is -2.03. The number of anilines is 1. The Balaban J connectivity index is 2.83. The van der Waals surface area contributed by atoms with Crippen LogP contribution in [-0.4, -0.2) is 27.2 Å². The Kier molecular flexibility index (Phi) is 3.58. The normalized spacial score (nSPS) is 9.46. The van der Waals surface area contributed by atoms with Crippen molar-refractivity contribution in [1.29, 1.82) is 0 Å². The van der Waals surface area contributed by atoms with Gasteiger partial charge in [-0.1, -0.05) is 0 Å². The van der Waals surface area contributed by atoms with E-state index in [0.717, 1.165) is 0 Å². The third-order valence-corrected chi connectivity index (χ3v) is 1.59. The highest BCUT2D eigenvalue weighted by molar-refractivity contribution is 7.80. The second-order valence-electron chi connectivity index (χ2n) is 1.81. The van der Waals surface area contributed by atoms with Crippen LogP contribution in [0.3, 0.4) is 0 Å². The lowest BCUT2D eigenvalue weighted by Crippen LogP contribution is -2.13. The summed E-state index contributed by atoms with van der Waals surface area (Å²) in [6.45, 7) is 0. The zero-order chi connectivity index (χ0) is 9.84. The molecule has 5 nitrogen and oxygen atoms in total. The minimum atomic E-state index is -0.0126. The first-order valence-corrected chi connectivity index (χ1v) is 4.20. The zero-order valence-electron chi connectivity index (χ0n) is 6.41. The first kappa shape index (κ1) is 10.4. The molecule has 0 saturated carbocycles. The van der Waals surface area contributed by atoms with E-state index in [4.69, 9.17) is 35.4 Å². The third kappa shape index (κ3) is 3.25. The summed E-state index contributed by atoms with van der Waals surface area (Å²) >= 11 is 15.7. The highest BCUT2D eigenvalue weighted by Gasteiger charge is 2.04. The number of nitrogens with one attached hydrogen (secondary N) is 1. The van der Waals surface area contributed by atoms with Crippen LogP contribution in [0.2, 0.25) is 10.6 Å². The lowest BCUT2D eigenvalue weighted by atomic mass is 10.9. The molecule has 0 bridgehead atoms. The molecule has 0 aliphatic heterocycles. The number of hydrogen-bond acceptors (Lipinski definition) is 5. The van der Waals surface area contributed by atoms with Gasteiger partial charge < -0.3 is 4.74 Å². The van der Waals surface area contributed by atoms with Gasteiger partial charge in [-0.15, -0.1) is 0 Å². The number of thiocarbonyl (C=S) groups is 1. The van der Waals surface area contributed by atoms with Gasteiger partial charge in [0.15, 0.2) is 0 Å². The average Bonchev–Trinajstić information content (AvgIpc) is 2.02. The number of hydrogen-bond donors (Lipinski definition) is 1. The first-order chi connectivity index (χ1) is 6.11. The van der Waals surface area contributed by atoms with Gasteiger partial charge in [-0.3, -0.25) is 5.32 Å². The van der Waals surface area contributed by atoms with Crippen LogP contribution in [0.15, 0.2) is 0 Å². The maximum atomic E-state index is 5.51. The number of rotatable bonds is 1. The second-order valence-corrected chi connectivity index (χ2v) is 2.86. The van der Waals surface area contributed by atoms with Gasteiger partial charge in [0.1, 0.15) is 0 Å². The van der Waals surface area contributed by atoms with Crippen LogP contribution in [0, 0.1) is 0 Å². The maximum Gasteiger partial charge on any atom is 0.263 e. The maximum absolute atomic E-state index is 5.51. The monoisotopic (exact) mass is 238 g/mol. The van der Waals surface area contributed by atoms with E-state index in [2.05, 4.69) is 25.0 Å². The fourth-order valence-electron chi connectivity index (χ4n) is 0.524. The topological polar surface area (TPSA) is 59.9 Å². The van der Waals surface area contributed by atoms with Crippen molar-refractivity contribution in [2.24, 2.45) is 0 Å². The molecular weight excluding hydrogens is 235 g/mol. The van der Waals surface area contributed by atoms with Crippen LogP contribution in [0.5, 0.6) is 0 Å². The Bertz CT molecular complexity index is 314. The van der Waals surface area contributed by atoms with E-state index >= 15 is 0 Å². The predicted octanol–water partition coefficient (Wildman–Crippen LogP) is 1.52. The van der Waals surface area contributed by atoms with Crippen molar-refractivity contribution in [1.82, 2.24) is 15.0 Å². The molecule has 13 heavy (non-hydrogen) atoms.